The predicted octanol–water partition coefficient (Wildman–Crippen LogP) is 1.22. The quantitative estimate of drug-likeness (QED) is 0.773. The number of rotatable bonds is 2. The van der Waals surface area contributed by atoms with Gasteiger partial charge in [0.1, 0.15) is 12.2 Å². The number of ether oxygens (including phenoxy) is 1. The monoisotopic (exact) mass is 198 g/mol. The second kappa shape index (κ2) is 3.67. The summed E-state index contributed by atoms with van der Waals surface area (Å²) in [5, 5.41) is 12.9. The molecule has 1 fully saturated rings. The van der Waals surface area contributed by atoms with Crippen LogP contribution in [0.25, 0.3) is 0 Å². The maximum atomic E-state index is 9.22. The molecule has 0 aliphatic carbocycles. The van der Waals surface area contributed by atoms with Crippen LogP contribution in [0.15, 0.2) is 4.52 Å². The number of aliphatic hydroxyl groups is 1. The summed E-state index contributed by atoms with van der Waals surface area (Å²) in [5.74, 6) is 1.20. The highest BCUT2D eigenvalue weighted by Gasteiger charge is 2.31. The second-order valence-corrected chi connectivity index (χ2v) is 3.72. The fourth-order valence-electron chi connectivity index (χ4n) is 1.54. The van der Waals surface area contributed by atoms with Crippen molar-refractivity contribution in [2.45, 2.75) is 32.5 Å². The fourth-order valence-corrected chi connectivity index (χ4v) is 1.54. The van der Waals surface area contributed by atoms with Crippen molar-refractivity contribution in [3.05, 3.63) is 11.7 Å². The molecular weight excluding hydrogens is 184 g/mol. The van der Waals surface area contributed by atoms with E-state index in [9.17, 15) is 5.11 Å². The third-order valence-corrected chi connectivity index (χ3v) is 2.46. The number of hydrogen-bond donors (Lipinski definition) is 1. The van der Waals surface area contributed by atoms with Crippen LogP contribution in [0.2, 0.25) is 0 Å². The highest BCUT2D eigenvalue weighted by atomic mass is 16.5. The van der Waals surface area contributed by atoms with Gasteiger partial charge in [-0.3, -0.25) is 0 Å². The zero-order valence-electron chi connectivity index (χ0n) is 8.30. The van der Waals surface area contributed by atoms with E-state index in [1.165, 1.54) is 0 Å². The molecule has 5 nitrogen and oxygen atoms in total. The molecule has 3 atom stereocenters. The van der Waals surface area contributed by atoms with Gasteiger partial charge in [-0.2, -0.15) is 4.98 Å². The lowest BCUT2D eigenvalue weighted by Gasteiger charge is -2.07. The van der Waals surface area contributed by atoms with Gasteiger partial charge in [-0.1, -0.05) is 12.1 Å². The summed E-state index contributed by atoms with van der Waals surface area (Å²) in [6.07, 6.45) is 0.219. The maximum absolute atomic E-state index is 9.22. The molecule has 5 heteroatoms. The number of hydrogen-bond acceptors (Lipinski definition) is 5. The van der Waals surface area contributed by atoms with Gasteiger partial charge in [0.25, 0.3) is 5.89 Å². The molecule has 0 radical (unpaired) electrons. The Bertz CT molecular complexity index is 311. The molecule has 0 bridgehead atoms. The zero-order valence-corrected chi connectivity index (χ0v) is 8.30. The van der Waals surface area contributed by atoms with Gasteiger partial charge in [0.05, 0.1) is 0 Å². The minimum atomic E-state index is -0.691. The van der Waals surface area contributed by atoms with Crippen molar-refractivity contribution in [1.29, 1.82) is 0 Å². The number of aromatic nitrogens is 2. The molecule has 0 amide bonds. The van der Waals surface area contributed by atoms with Crippen LogP contribution in [0.4, 0.5) is 0 Å². The van der Waals surface area contributed by atoms with E-state index in [1.807, 2.05) is 0 Å². The molecule has 1 aliphatic rings. The van der Waals surface area contributed by atoms with E-state index in [4.69, 9.17) is 9.26 Å². The normalized spacial score (nSPS) is 29.4. The Kier molecular flexibility index (Phi) is 2.52. The van der Waals surface area contributed by atoms with Crippen LogP contribution in [0.1, 0.15) is 44.2 Å². The van der Waals surface area contributed by atoms with Gasteiger partial charge in [0.15, 0.2) is 5.82 Å². The molecule has 1 N–H and O–H groups in total. The van der Waals surface area contributed by atoms with Crippen molar-refractivity contribution in [3.63, 3.8) is 0 Å². The van der Waals surface area contributed by atoms with Crippen molar-refractivity contribution in [2.24, 2.45) is 5.92 Å². The van der Waals surface area contributed by atoms with E-state index in [-0.39, 0.29) is 6.10 Å². The lowest BCUT2D eigenvalue weighted by molar-refractivity contribution is 0.0661. The smallest absolute Gasteiger partial charge is 0.256 e. The van der Waals surface area contributed by atoms with Crippen molar-refractivity contribution in [3.8, 4) is 0 Å². The first-order chi connectivity index (χ1) is 6.68. The Labute approximate surface area is 82.1 Å². The summed E-state index contributed by atoms with van der Waals surface area (Å²) in [4.78, 5) is 4.09. The average Bonchev–Trinajstić information content (AvgIpc) is 2.71. The van der Waals surface area contributed by atoms with E-state index in [1.54, 1.807) is 6.92 Å². The highest BCUT2D eigenvalue weighted by molar-refractivity contribution is 4.95. The lowest BCUT2D eigenvalue weighted by atomic mass is 10.0. The number of nitrogens with zero attached hydrogens (tertiary/aromatic N) is 2. The van der Waals surface area contributed by atoms with Gasteiger partial charge in [-0.25, -0.2) is 0 Å². The largest absolute Gasteiger partial charge is 0.385 e. The van der Waals surface area contributed by atoms with Crippen LogP contribution in [-0.2, 0) is 4.74 Å². The first kappa shape index (κ1) is 9.61. The van der Waals surface area contributed by atoms with Crippen molar-refractivity contribution in [1.82, 2.24) is 10.1 Å². The lowest BCUT2D eigenvalue weighted by Crippen LogP contribution is -2.04. The van der Waals surface area contributed by atoms with Crippen LogP contribution in [0.5, 0.6) is 0 Å². The Morgan fingerprint density at radius 2 is 2.36 bits per heavy atom. The van der Waals surface area contributed by atoms with Crippen LogP contribution in [0.3, 0.4) is 0 Å². The van der Waals surface area contributed by atoms with Crippen LogP contribution < -0.4 is 0 Å². The summed E-state index contributed by atoms with van der Waals surface area (Å²) in [6, 6.07) is 0. The van der Waals surface area contributed by atoms with Gasteiger partial charge in [0, 0.05) is 6.61 Å². The molecule has 1 saturated heterocycles. The molecule has 3 unspecified atom stereocenters. The third kappa shape index (κ3) is 1.65. The van der Waals surface area contributed by atoms with E-state index >= 15 is 0 Å². The van der Waals surface area contributed by atoms with Gasteiger partial charge < -0.3 is 14.4 Å². The third-order valence-electron chi connectivity index (χ3n) is 2.46. The summed E-state index contributed by atoms with van der Waals surface area (Å²) >= 11 is 0. The predicted molar refractivity (Wildman–Crippen MR) is 47.4 cm³/mol. The minimum absolute atomic E-state index is 0.102. The highest BCUT2D eigenvalue weighted by Crippen LogP contribution is 2.33. The van der Waals surface area contributed by atoms with Gasteiger partial charge in [0.2, 0.25) is 0 Å². The molecule has 0 spiro atoms. The molecule has 2 rings (SSSR count). The minimum Gasteiger partial charge on any atom is -0.385 e. The average molecular weight is 198 g/mol. The van der Waals surface area contributed by atoms with Gasteiger partial charge >= 0.3 is 0 Å². The molecule has 1 aromatic rings. The first-order valence-corrected chi connectivity index (χ1v) is 4.81. The van der Waals surface area contributed by atoms with E-state index in [0.717, 1.165) is 13.0 Å². The Morgan fingerprint density at radius 3 is 2.86 bits per heavy atom. The zero-order chi connectivity index (χ0) is 10.1. The second-order valence-electron chi connectivity index (χ2n) is 3.72. The summed E-state index contributed by atoms with van der Waals surface area (Å²) in [7, 11) is 0. The van der Waals surface area contributed by atoms with Crippen molar-refractivity contribution in [2.75, 3.05) is 6.61 Å². The standard InChI is InChI=1S/C9H14N2O3/c1-5-3-4-13-7(5)9-10-8(6(2)12)11-14-9/h5-7,12H,3-4H2,1-2H3. The van der Waals surface area contributed by atoms with Gasteiger partial charge in [-0.05, 0) is 19.3 Å². The van der Waals surface area contributed by atoms with Crippen molar-refractivity contribution < 1.29 is 14.4 Å². The summed E-state index contributed by atoms with van der Waals surface area (Å²) in [6.45, 7) is 4.43. The van der Waals surface area contributed by atoms with E-state index in [2.05, 4.69) is 17.1 Å². The Hall–Kier alpha value is -0.940. The first-order valence-electron chi connectivity index (χ1n) is 4.81. The van der Waals surface area contributed by atoms with Crippen LogP contribution >= 0.6 is 0 Å². The Balaban J connectivity index is 2.16. The molecule has 0 aromatic carbocycles. The van der Waals surface area contributed by atoms with E-state index < -0.39 is 6.10 Å². The number of aliphatic hydroxyl groups excluding tert-OH is 1. The molecule has 1 aliphatic heterocycles. The summed E-state index contributed by atoms with van der Waals surface area (Å²) in [5.41, 5.74) is 0. The fraction of sp³-hybridized carbons (Fsp3) is 0.778. The molecular formula is C9H14N2O3. The SMILES string of the molecule is CC(O)c1noc(C2OCCC2C)n1. The molecule has 0 saturated carbocycles. The van der Waals surface area contributed by atoms with Crippen molar-refractivity contribution >= 4 is 0 Å². The van der Waals surface area contributed by atoms with Crippen LogP contribution in [0, 0.1) is 5.92 Å². The molecule has 2 heterocycles. The molecule has 14 heavy (non-hydrogen) atoms. The Morgan fingerprint density at radius 1 is 1.57 bits per heavy atom. The summed E-state index contributed by atoms with van der Waals surface area (Å²) < 4.78 is 10.5. The van der Waals surface area contributed by atoms with Crippen LogP contribution in [-0.4, -0.2) is 21.9 Å². The topological polar surface area (TPSA) is 68.4 Å². The van der Waals surface area contributed by atoms with E-state index in [0.29, 0.717) is 17.6 Å². The van der Waals surface area contributed by atoms with Gasteiger partial charge in [-0.15, -0.1) is 0 Å². The maximum Gasteiger partial charge on any atom is 0.256 e. The molecule has 1 aromatic heterocycles. The molecule has 78 valence electrons.